The normalized spacial score (nSPS) is 12.2. The summed E-state index contributed by atoms with van der Waals surface area (Å²) in [5, 5.41) is 17.5. The molecule has 0 saturated carbocycles. The molecule has 28 aromatic rings. The molecule has 0 amide bonds. The third kappa shape index (κ3) is 12.5. The minimum atomic E-state index is -3.15. The molecule has 0 saturated heterocycles. The SMILES string of the molecule is c1ccc(-c2nc(-n3c4ccccc4c4cc(-c5ccc6c(c5)nc5n(-c7cc(-n8c9ccc([Si](c%10ccccc%10)(c%10ccccc%10)c%10ccccc%10)cc9n9c%10cc([Si](c%11ccccc%11)(c%11ccccc%11)c%11ccccc%11)ccc%10nc89)nc(-c8ccccc8)n7)c7ccccc7n65)ccc43)cc(-n3c4ccccc4n4c5cc([Si](c6ccccc6)(c6ccccc6)c6ccccc6)ccc5nc34)n2)cc1. The third-order valence-electron chi connectivity index (χ3n) is 29.2. The lowest BCUT2D eigenvalue weighted by atomic mass is 10.0. The van der Waals surface area contributed by atoms with E-state index in [4.69, 9.17) is 34.9 Å². The van der Waals surface area contributed by atoms with Crippen LogP contribution in [0.5, 0.6) is 0 Å². The summed E-state index contributed by atoms with van der Waals surface area (Å²) in [6.07, 6.45) is 0. The van der Waals surface area contributed by atoms with Gasteiger partial charge in [0.2, 0.25) is 17.3 Å². The Morgan fingerprint density at radius 3 is 0.775 bits per heavy atom. The molecule has 9 heterocycles. The Kier molecular flexibility index (Phi) is 19.0. The molecule has 0 aliphatic heterocycles. The number of benzene rings is 19. The molecule has 14 nitrogen and oxygen atoms in total. The molecule has 17 heteroatoms. The van der Waals surface area contributed by atoms with Crippen LogP contribution in [-0.4, -0.2) is 90.6 Å². The maximum absolute atomic E-state index is 5.87. The lowest BCUT2D eigenvalue weighted by Crippen LogP contribution is -2.74. The van der Waals surface area contributed by atoms with Crippen molar-refractivity contribution in [2.24, 2.45) is 0 Å². The summed E-state index contributed by atoms with van der Waals surface area (Å²) >= 11 is 0. The molecule has 0 aliphatic carbocycles. The van der Waals surface area contributed by atoms with Crippen molar-refractivity contribution >= 4 is 192 Å². The van der Waals surface area contributed by atoms with Crippen LogP contribution < -0.4 is 62.2 Å². The zero-order valence-corrected chi connectivity index (χ0v) is 79.8. The van der Waals surface area contributed by atoms with Crippen molar-refractivity contribution in [2.45, 2.75) is 0 Å². The van der Waals surface area contributed by atoms with Gasteiger partial charge in [-0.1, -0.05) is 406 Å². The number of imidazole rings is 6. The molecular weight excluding hydrogens is 1780 g/mol. The zero-order chi connectivity index (χ0) is 93.6. The highest BCUT2D eigenvalue weighted by Gasteiger charge is 2.46. The maximum atomic E-state index is 5.87. The van der Waals surface area contributed by atoms with Crippen molar-refractivity contribution < 1.29 is 0 Å². The Bertz CT molecular complexity index is 9500. The van der Waals surface area contributed by atoms with Crippen molar-refractivity contribution in [1.82, 2.24) is 66.4 Å². The highest BCUT2D eigenvalue weighted by Crippen LogP contribution is 2.41. The topological polar surface area (TPSA) is 123 Å². The first-order valence-electron chi connectivity index (χ1n) is 48.2. The third-order valence-corrected chi connectivity index (χ3v) is 43.6. The van der Waals surface area contributed by atoms with E-state index in [-0.39, 0.29) is 0 Å². The van der Waals surface area contributed by atoms with Crippen LogP contribution >= 0.6 is 0 Å². The lowest BCUT2D eigenvalue weighted by Gasteiger charge is -2.34. The van der Waals surface area contributed by atoms with Crippen molar-refractivity contribution in [1.29, 1.82) is 0 Å². The molecule has 666 valence electrons. The molecule has 142 heavy (non-hydrogen) atoms. The number of fused-ring (bicyclic) bond motifs is 18. The average Bonchev–Trinajstić information content (AvgIpc) is 1.50. The van der Waals surface area contributed by atoms with E-state index in [9.17, 15) is 0 Å². The Balaban J connectivity index is 0.612. The predicted molar refractivity (Wildman–Crippen MR) is 588 cm³/mol. The molecule has 9 aromatic heterocycles. The van der Waals surface area contributed by atoms with Crippen LogP contribution in [-0.2, 0) is 0 Å². The molecular formula is C125H84N14Si3. The predicted octanol–water partition coefficient (Wildman–Crippen LogP) is 19.7. The number of aromatic nitrogens is 14. The lowest BCUT2D eigenvalue weighted by molar-refractivity contribution is 0.970. The minimum Gasteiger partial charge on any atom is -0.294 e. The Morgan fingerprint density at radius 2 is 0.401 bits per heavy atom. The highest BCUT2D eigenvalue weighted by atomic mass is 28.3. The molecule has 0 aliphatic rings. The second-order valence-electron chi connectivity index (χ2n) is 36.7. The first-order chi connectivity index (χ1) is 70.4. The van der Waals surface area contributed by atoms with Gasteiger partial charge < -0.3 is 0 Å². The number of para-hydroxylation sites is 5. The second kappa shape index (κ2) is 32.9. The molecule has 0 unspecified atom stereocenters. The Labute approximate surface area is 819 Å². The second-order valence-corrected chi connectivity index (χ2v) is 48.1. The van der Waals surface area contributed by atoms with Gasteiger partial charge in [-0.15, -0.1) is 0 Å². The van der Waals surface area contributed by atoms with Gasteiger partial charge in [0.25, 0.3) is 0 Å². The monoisotopic (exact) mass is 1860 g/mol. The summed E-state index contributed by atoms with van der Waals surface area (Å²) in [7, 11) is -9.20. The van der Waals surface area contributed by atoms with E-state index >= 15 is 0 Å². The van der Waals surface area contributed by atoms with Crippen molar-refractivity contribution in [3.05, 3.63) is 510 Å². The summed E-state index contributed by atoms with van der Waals surface area (Å²) in [5.41, 5.74) is 17.1. The van der Waals surface area contributed by atoms with Crippen LogP contribution in [0.25, 0.3) is 163 Å². The molecule has 0 atom stereocenters. The van der Waals surface area contributed by atoms with Gasteiger partial charge in [0.15, 0.2) is 35.9 Å². The van der Waals surface area contributed by atoms with Crippen LogP contribution in [0, 0.1) is 0 Å². The molecule has 0 N–H and O–H groups in total. The molecule has 0 bridgehead atoms. The van der Waals surface area contributed by atoms with Crippen LogP contribution in [0.2, 0.25) is 0 Å². The Morgan fingerprint density at radius 1 is 0.141 bits per heavy atom. The largest absolute Gasteiger partial charge is 0.294 e. The van der Waals surface area contributed by atoms with E-state index in [1.807, 2.05) is 12.1 Å². The summed E-state index contributed by atoms with van der Waals surface area (Å²) in [6.45, 7) is 0. The fourth-order valence-corrected chi connectivity index (χ4v) is 37.4. The van der Waals surface area contributed by atoms with E-state index in [0.717, 1.165) is 116 Å². The number of nitrogens with zero attached hydrogens (tertiary/aromatic N) is 14. The van der Waals surface area contributed by atoms with Crippen LogP contribution in [0.3, 0.4) is 0 Å². The van der Waals surface area contributed by atoms with Gasteiger partial charge in [0, 0.05) is 34.0 Å². The summed E-state index contributed by atoms with van der Waals surface area (Å²) in [6, 6.07) is 186. The molecule has 19 aromatic carbocycles. The summed E-state index contributed by atoms with van der Waals surface area (Å²) in [5.74, 6) is 5.95. The standard InChI is InChI=1S/C125H84N14Si3/c1-12-40-85(41-13-1)121-129-117(83-118(130-121)137-112-67-39-37-65-110(112)135-114-80-98(70-73-103(114)126-123(135)137)140(89-44-16-3-17-45-89,90-46-18-4-19-47-90)91-48-20-5-21-49-91)133-106-63-35-34-62-101(106)102-78-87(68-75-107(102)133)88-69-76-108-105(79-88)128-125-134(108)109-64-36-38-66-111(109)138(125)119-84-120(132-122(131-119)86-42-14-2-15-43-86)139-113-77-72-100(142(95-56-28-9-29-57-95,96-58-30-10-31-59-96)97-60-32-11-33-61-97)82-116(113)136-115-81-99(71-74-104(115)127-124(136)139)141(92-50-22-6-23-51-92,93-52-24-7-25-53-93)94-54-26-8-27-55-94/h1-84H. The van der Waals surface area contributed by atoms with E-state index in [1.165, 1.54) is 62.2 Å². The quantitative estimate of drug-likeness (QED) is 0.0583. The van der Waals surface area contributed by atoms with Crippen LogP contribution in [0.1, 0.15) is 0 Å². The Hall–Kier alpha value is -18.4. The fourth-order valence-electron chi connectivity index (χ4n) is 23.1. The molecule has 0 radical (unpaired) electrons. The first-order valence-corrected chi connectivity index (χ1v) is 54.2. The molecule has 0 fully saturated rings. The van der Waals surface area contributed by atoms with Gasteiger partial charge in [-0.25, -0.2) is 34.9 Å². The number of rotatable bonds is 19. The smallest absolute Gasteiger partial charge is 0.221 e. The van der Waals surface area contributed by atoms with Gasteiger partial charge >= 0.3 is 0 Å². The van der Waals surface area contributed by atoms with Gasteiger partial charge in [-0.2, -0.15) is 0 Å². The van der Waals surface area contributed by atoms with Gasteiger partial charge in [0.05, 0.1) is 77.2 Å². The number of hydrogen-bond acceptors (Lipinski definition) is 7. The van der Waals surface area contributed by atoms with Crippen molar-refractivity contribution in [3.63, 3.8) is 0 Å². The van der Waals surface area contributed by atoms with Crippen molar-refractivity contribution in [2.75, 3.05) is 0 Å². The van der Waals surface area contributed by atoms with Crippen LogP contribution in [0.15, 0.2) is 510 Å². The fraction of sp³-hybridized carbons (Fsp3) is 0. The van der Waals surface area contributed by atoms with Crippen LogP contribution in [0.4, 0.5) is 0 Å². The average molecular weight is 1870 g/mol. The zero-order valence-electron chi connectivity index (χ0n) is 76.8. The number of hydrogen-bond donors (Lipinski definition) is 0. The highest BCUT2D eigenvalue weighted by molar-refractivity contribution is 7.21. The van der Waals surface area contributed by atoms with Gasteiger partial charge in [-0.05, 0) is 164 Å². The minimum absolute atomic E-state index is 0.544. The van der Waals surface area contributed by atoms with E-state index in [1.54, 1.807) is 0 Å². The first kappa shape index (κ1) is 81.9. The van der Waals surface area contributed by atoms with E-state index in [0.29, 0.717) is 46.5 Å². The van der Waals surface area contributed by atoms with Gasteiger partial charge in [-0.3, -0.25) is 31.5 Å². The van der Waals surface area contributed by atoms with Gasteiger partial charge in [0.1, 0.15) is 23.3 Å². The summed E-state index contributed by atoms with van der Waals surface area (Å²) < 4.78 is 16.1. The summed E-state index contributed by atoms with van der Waals surface area (Å²) in [4.78, 5) is 39.9. The molecule has 28 rings (SSSR count). The van der Waals surface area contributed by atoms with E-state index in [2.05, 4.69) is 529 Å². The molecule has 0 spiro atoms. The van der Waals surface area contributed by atoms with E-state index < -0.39 is 24.2 Å². The maximum Gasteiger partial charge on any atom is 0.221 e. The van der Waals surface area contributed by atoms with Crippen molar-refractivity contribution in [3.8, 4) is 57.2 Å².